The lowest BCUT2D eigenvalue weighted by Gasteiger charge is -2.54. The molecule has 194 valence electrons. The third-order valence-electron chi connectivity index (χ3n) is 7.31. The molecule has 6 atom stereocenters. The number of rotatable bonds is 7. The van der Waals surface area contributed by atoms with Gasteiger partial charge in [0.2, 0.25) is 17.7 Å². The quantitative estimate of drug-likeness (QED) is 0.505. The van der Waals surface area contributed by atoms with E-state index >= 15 is 0 Å². The summed E-state index contributed by atoms with van der Waals surface area (Å²) in [7, 11) is 0. The number of hydrogen-bond donors (Lipinski definition) is 3. The van der Waals surface area contributed by atoms with Crippen molar-refractivity contribution in [2.45, 2.75) is 75.5 Å². The van der Waals surface area contributed by atoms with Crippen molar-refractivity contribution in [3.63, 3.8) is 0 Å². The minimum atomic E-state index is -3.11. The largest absolute Gasteiger partial charge is 0.373 e. The topological polar surface area (TPSA) is 127 Å². The summed E-state index contributed by atoms with van der Waals surface area (Å²) in [6, 6.07) is -0.547. The molecule has 12 heteroatoms. The Morgan fingerprint density at radius 1 is 1.36 bits per heavy atom. The van der Waals surface area contributed by atoms with Crippen molar-refractivity contribution in [1.29, 1.82) is 5.26 Å². The molecule has 36 heavy (non-hydrogen) atoms. The second kappa shape index (κ2) is 10.5. The predicted molar refractivity (Wildman–Crippen MR) is 127 cm³/mol. The molecule has 0 aromatic carbocycles. The Hall–Kier alpha value is -3.00. The van der Waals surface area contributed by atoms with Crippen LogP contribution in [0.3, 0.4) is 0 Å². The van der Waals surface area contributed by atoms with Crippen molar-refractivity contribution < 1.29 is 23.2 Å². The Labute approximate surface area is 212 Å². The lowest BCUT2D eigenvalue weighted by Crippen LogP contribution is -2.70. The molecule has 1 aromatic heterocycles. The highest BCUT2D eigenvalue weighted by Gasteiger charge is 2.60. The fourth-order valence-corrected chi connectivity index (χ4v) is 5.77. The fraction of sp³-hybridized carbons (Fsp3) is 0.625. The summed E-state index contributed by atoms with van der Waals surface area (Å²) in [5.74, 6) is -6.39. The Morgan fingerprint density at radius 2 is 2.14 bits per heavy atom. The number of fused-ring (bicyclic) bond motifs is 3. The average molecular weight is 523 g/mol. The molecular formula is C24H29ClF2N6O3. The highest BCUT2D eigenvalue weighted by atomic mass is 35.5. The Morgan fingerprint density at radius 3 is 2.81 bits per heavy atom. The summed E-state index contributed by atoms with van der Waals surface area (Å²) in [5, 5.41) is 18.3. The number of piperidine rings is 3. The van der Waals surface area contributed by atoms with Crippen molar-refractivity contribution in [2.24, 2.45) is 11.8 Å². The van der Waals surface area contributed by atoms with E-state index in [4.69, 9.17) is 11.6 Å². The summed E-state index contributed by atoms with van der Waals surface area (Å²) >= 11 is 5.96. The van der Waals surface area contributed by atoms with Gasteiger partial charge in [0.05, 0.1) is 28.9 Å². The first-order chi connectivity index (χ1) is 17.1. The zero-order valence-electron chi connectivity index (χ0n) is 19.8. The highest BCUT2D eigenvalue weighted by Crippen LogP contribution is 2.49. The molecule has 1 aromatic rings. The maximum atomic E-state index is 14.9. The van der Waals surface area contributed by atoms with Crippen LogP contribution in [0.5, 0.6) is 0 Å². The van der Waals surface area contributed by atoms with Crippen LogP contribution in [0, 0.1) is 23.2 Å². The zero-order chi connectivity index (χ0) is 26.0. The number of nitrogens with zero attached hydrogens (tertiary/aromatic N) is 3. The fourth-order valence-electron chi connectivity index (χ4n) is 5.60. The van der Waals surface area contributed by atoms with Gasteiger partial charge in [0.1, 0.15) is 18.1 Å². The number of alkyl halides is 2. The molecule has 0 unspecified atom stereocenters. The van der Waals surface area contributed by atoms with E-state index in [2.05, 4.69) is 20.9 Å². The molecule has 4 fully saturated rings. The molecule has 1 saturated carbocycles. The van der Waals surface area contributed by atoms with E-state index in [1.54, 1.807) is 13.0 Å². The maximum Gasteiger partial charge on any atom is 0.255 e. The second-order valence-corrected chi connectivity index (χ2v) is 10.2. The number of pyridine rings is 1. The van der Waals surface area contributed by atoms with Crippen molar-refractivity contribution in [3.8, 4) is 6.07 Å². The van der Waals surface area contributed by atoms with Crippen molar-refractivity contribution >= 4 is 35.0 Å². The molecule has 2 bridgehead atoms. The highest BCUT2D eigenvalue weighted by molar-refractivity contribution is 6.30. The Kier molecular flexibility index (Phi) is 7.64. The maximum absolute atomic E-state index is 14.9. The lowest BCUT2D eigenvalue weighted by atomic mass is 9.71. The van der Waals surface area contributed by atoms with Crippen LogP contribution in [-0.4, -0.2) is 64.2 Å². The van der Waals surface area contributed by atoms with E-state index in [9.17, 15) is 28.4 Å². The Balaban J connectivity index is 1.52. The monoisotopic (exact) mass is 522 g/mol. The summed E-state index contributed by atoms with van der Waals surface area (Å²) in [4.78, 5) is 44.2. The standard InChI is InChI=1S/C24H29ClF2N6O3/c1-13(31-17-8-15(25)11-29-12-17)23(36)33-18-4-5-19(24(26,27)9-18)20(33)22(35)32-16(10-28)7-14-3-2-6-30-21(14)34/h8,11-14,16,18-20,31H,2-7,9H2,1H3,(H,30,34)(H,32,35)/t13-,14-,16-,18-,19-,20+/m1/s1. The molecule has 3 N–H and O–H groups in total. The van der Waals surface area contributed by atoms with Gasteiger partial charge in [-0.25, -0.2) is 8.78 Å². The van der Waals surface area contributed by atoms with E-state index in [0.29, 0.717) is 30.1 Å². The number of carbonyl (C=O) groups is 3. The van der Waals surface area contributed by atoms with Gasteiger partial charge in [-0.3, -0.25) is 19.4 Å². The molecule has 4 heterocycles. The van der Waals surface area contributed by atoms with Crippen molar-refractivity contribution in [1.82, 2.24) is 20.5 Å². The number of amides is 3. The molecule has 3 amide bonds. The van der Waals surface area contributed by atoms with Crippen molar-refractivity contribution in [2.75, 3.05) is 11.9 Å². The Bertz CT molecular complexity index is 1070. The minimum absolute atomic E-state index is 0.0823. The van der Waals surface area contributed by atoms with Gasteiger partial charge in [-0.05, 0) is 45.1 Å². The molecular weight excluding hydrogens is 494 g/mol. The molecule has 4 aliphatic rings. The van der Waals surface area contributed by atoms with E-state index in [1.165, 1.54) is 17.3 Å². The third-order valence-corrected chi connectivity index (χ3v) is 7.52. The normalized spacial score (nSPS) is 28.4. The van der Waals surface area contributed by atoms with Crippen LogP contribution in [0.2, 0.25) is 5.02 Å². The van der Waals surface area contributed by atoms with Gasteiger partial charge >= 0.3 is 0 Å². The smallest absolute Gasteiger partial charge is 0.255 e. The van der Waals surface area contributed by atoms with Gasteiger partial charge in [-0.2, -0.15) is 5.26 Å². The first-order valence-corrected chi connectivity index (χ1v) is 12.5. The van der Waals surface area contributed by atoms with E-state index < -0.39 is 60.2 Å². The minimum Gasteiger partial charge on any atom is -0.373 e. The van der Waals surface area contributed by atoms with Crippen LogP contribution in [-0.2, 0) is 14.4 Å². The van der Waals surface area contributed by atoms with Crippen molar-refractivity contribution in [3.05, 3.63) is 23.5 Å². The number of aromatic nitrogens is 1. The van der Waals surface area contributed by atoms with E-state index in [1.807, 2.05) is 6.07 Å². The molecule has 0 spiro atoms. The first-order valence-electron chi connectivity index (χ1n) is 12.2. The summed E-state index contributed by atoms with van der Waals surface area (Å²) in [5.41, 5.74) is 0.479. The summed E-state index contributed by atoms with van der Waals surface area (Å²) in [6.45, 7) is 2.14. The number of halogens is 3. The number of nitriles is 1. The number of anilines is 1. The van der Waals surface area contributed by atoms with Gasteiger partial charge in [-0.15, -0.1) is 0 Å². The first kappa shape index (κ1) is 26.1. The third kappa shape index (κ3) is 5.38. The van der Waals surface area contributed by atoms with Crippen LogP contribution in [0.4, 0.5) is 14.5 Å². The van der Waals surface area contributed by atoms with Gasteiger partial charge in [0, 0.05) is 31.1 Å². The number of nitrogens with one attached hydrogen (secondary N) is 3. The van der Waals surface area contributed by atoms with Crippen LogP contribution in [0.25, 0.3) is 0 Å². The molecule has 9 nitrogen and oxygen atoms in total. The summed E-state index contributed by atoms with van der Waals surface area (Å²) in [6.07, 6.45) is 4.30. The predicted octanol–water partition coefficient (Wildman–Crippen LogP) is 2.47. The van der Waals surface area contributed by atoms with Gasteiger partial charge in [0.15, 0.2) is 0 Å². The molecule has 1 aliphatic carbocycles. The van der Waals surface area contributed by atoms with Crippen LogP contribution < -0.4 is 16.0 Å². The average Bonchev–Trinajstić information content (AvgIpc) is 2.83. The molecule has 3 aliphatic heterocycles. The number of hydrogen-bond acceptors (Lipinski definition) is 6. The zero-order valence-corrected chi connectivity index (χ0v) is 20.6. The van der Waals surface area contributed by atoms with E-state index in [-0.39, 0.29) is 18.7 Å². The summed E-state index contributed by atoms with van der Waals surface area (Å²) < 4.78 is 29.8. The lowest BCUT2D eigenvalue weighted by molar-refractivity contribution is -0.194. The van der Waals surface area contributed by atoms with Crippen LogP contribution >= 0.6 is 11.6 Å². The van der Waals surface area contributed by atoms with Gasteiger partial charge in [-0.1, -0.05) is 11.6 Å². The van der Waals surface area contributed by atoms with Crippen LogP contribution in [0.15, 0.2) is 18.5 Å². The van der Waals surface area contributed by atoms with Crippen LogP contribution in [0.1, 0.15) is 45.4 Å². The van der Waals surface area contributed by atoms with Gasteiger partial charge < -0.3 is 20.9 Å². The molecule has 5 rings (SSSR count). The molecule has 0 radical (unpaired) electrons. The number of carbonyl (C=O) groups excluding carboxylic acids is 3. The molecule has 3 saturated heterocycles. The second-order valence-electron chi connectivity index (χ2n) is 9.81. The van der Waals surface area contributed by atoms with Gasteiger partial charge in [0.25, 0.3) is 5.92 Å². The van der Waals surface area contributed by atoms with E-state index in [0.717, 1.165) is 6.42 Å². The SMILES string of the molecule is C[C@@H](Nc1cncc(Cl)c1)C(=O)N1[C@@H]2CC[C@H]([C@H]1C(=O)N[C@@H](C#N)C[C@H]1CCCNC1=O)C(F)(F)C2.